The normalized spacial score (nSPS) is 9.12. The Kier molecular flexibility index (Phi) is 3.48. The maximum Gasteiger partial charge on any atom is 0.248 e. The third kappa shape index (κ3) is 3.08. The molecule has 0 heterocycles. The first-order valence-electron chi connectivity index (χ1n) is 2.15. The van der Waals surface area contributed by atoms with Crippen molar-refractivity contribution < 1.29 is 4.79 Å². The summed E-state index contributed by atoms with van der Waals surface area (Å²) < 4.78 is 0. The van der Waals surface area contributed by atoms with Crippen molar-refractivity contribution in [3.8, 4) is 0 Å². The molecule has 0 bridgehead atoms. The molecular formula is C5H8N2O. The van der Waals surface area contributed by atoms with Gasteiger partial charge in [-0.15, -0.1) is 0 Å². The molecule has 0 saturated carbocycles. The predicted molar refractivity (Wildman–Crippen MR) is 32.8 cm³/mol. The van der Waals surface area contributed by atoms with E-state index in [4.69, 9.17) is 0 Å². The van der Waals surface area contributed by atoms with Crippen LogP contribution in [0.3, 0.4) is 0 Å². The zero-order valence-corrected chi connectivity index (χ0v) is 4.72. The van der Waals surface area contributed by atoms with Crippen LogP contribution in [0.25, 0.3) is 0 Å². The SMILES string of the molecule is C=CC(=O)NC=NC. The molecule has 0 spiro atoms. The van der Waals surface area contributed by atoms with Crippen molar-refractivity contribution in [1.82, 2.24) is 5.32 Å². The zero-order chi connectivity index (χ0) is 6.41. The first-order chi connectivity index (χ1) is 3.81. The molecular weight excluding hydrogens is 104 g/mol. The maximum absolute atomic E-state index is 10.3. The molecule has 3 nitrogen and oxygen atoms in total. The fraction of sp³-hybridized carbons (Fsp3) is 0.200. The van der Waals surface area contributed by atoms with Gasteiger partial charge in [0, 0.05) is 7.05 Å². The molecule has 3 heteroatoms. The molecule has 0 fully saturated rings. The standard InChI is InChI=1S/C5H8N2O/c1-3-5(8)7-4-6-2/h3-4H,1H2,2H3,(H,6,7,8). The van der Waals surface area contributed by atoms with Crippen LogP contribution in [-0.4, -0.2) is 19.3 Å². The minimum atomic E-state index is -0.240. The number of carbonyl (C=O) groups excluding carboxylic acids is 1. The second-order valence-corrected chi connectivity index (χ2v) is 1.10. The second kappa shape index (κ2) is 4.05. The zero-order valence-electron chi connectivity index (χ0n) is 4.72. The summed E-state index contributed by atoms with van der Waals surface area (Å²) in [5.74, 6) is -0.240. The highest BCUT2D eigenvalue weighted by Crippen LogP contribution is 1.59. The van der Waals surface area contributed by atoms with Crippen molar-refractivity contribution in [2.75, 3.05) is 7.05 Å². The first-order valence-corrected chi connectivity index (χ1v) is 2.15. The van der Waals surface area contributed by atoms with Gasteiger partial charge in [0.25, 0.3) is 0 Å². The van der Waals surface area contributed by atoms with Crippen LogP contribution in [0, 0.1) is 0 Å². The van der Waals surface area contributed by atoms with Gasteiger partial charge in [0.2, 0.25) is 5.91 Å². The van der Waals surface area contributed by atoms with Crippen LogP contribution >= 0.6 is 0 Å². The van der Waals surface area contributed by atoms with Gasteiger partial charge in [-0.2, -0.15) is 0 Å². The summed E-state index contributed by atoms with van der Waals surface area (Å²) >= 11 is 0. The predicted octanol–water partition coefficient (Wildman–Crippen LogP) is -0.0533. The molecule has 0 atom stereocenters. The summed E-state index contributed by atoms with van der Waals surface area (Å²) in [6.45, 7) is 3.24. The largest absolute Gasteiger partial charge is 0.314 e. The Bertz CT molecular complexity index is 118. The second-order valence-electron chi connectivity index (χ2n) is 1.10. The summed E-state index contributed by atoms with van der Waals surface area (Å²) in [4.78, 5) is 13.8. The van der Waals surface area contributed by atoms with E-state index in [1.54, 1.807) is 7.05 Å². The average molecular weight is 112 g/mol. The van der Waals surface area contributed by atoms with Crippen LogP contribution in [0.15, 0.2) is 17.6 Å². The number of nitrogens with zero attached hydrogens (tertiary/aromatic N) is 1. The van der Waals surface area contributed by atoms with Gasteiger partial charge in [-0.3, -0.25) is 9.79 Å². The molecule has 0 aliphatic heterocycles. The van der Waals surface area contributed by atoms with E-state index in [0.717, 1.165) is 0 Å². The molecule has 0 saturated heterocycles. The molecule has 1 N–H and O–H groups in total. The maximum atomic E-state index is 10.3. The number of aliphatic imine (C=N–C) groups is 1. The van der Waals surface area contributed by atoms with E-state index in [1.807, 2.05) is 0 Å². The summed E-state index contributed by atoms with van der Waals surface area (Å²) in [5.41, 5.74) is 0. The highest BCUT2D eigenvalue weighted by Gasteiger charge is 1.83. The number of hydrogen-bond donors (Lipinski definition) is 1. The quantitative estimate of drug-likeness (QED) is 0.303. The molecule has 0 rings (SSSR count). The Labute approximate surface area is 48.1 Å². The van der Waals surface area contributed by atoms with Crippen LogP contribution in [0.4, 0.5) is 0 Å². The minimum Gasteiger partial charge on any atom is -0.314 e. The highest BCUT2D eigenvalue weighted by molar-refractivity contribution is 5.94. The summed E-state index contributed by atoms with van der Waals surface area (Å²) in [6, 6.07) is 0. The van der Waals surface area contributed by atoms with Gasteiger partial charge < -0.3 is 5.32 Å². The van der Waals surface area contributed by atoms with E-state index in [0.29, 0.717) is 0 Å². The van der Waals surface area contributed by atoms with Crippen LogP contribution < -0.4 is 5.32 Å². The van der Waals surface area contributed by atoms with Gasteiger partial charge in [-0.25, -0.2) is 0 Å². The fourth-order valence-electron chi connectivity index (χ4n) is 0.187. The van der Waals surface area contributed by atoms with Crippen LogP contribution in [0.2, 0.25) is 0 Å². The molecule has 8 heavy (non-hydrogen) atoms. The Morgan fingerprint density at radius 1 is 1.88 bits per heavy atom. The molecule has 0 aromatic carbocycles. The topological polar surface area (TPSA) is 41.5 Å². The summed E-state index contributed by atoms with van der Waals surface area (Å²) in [6.07, 6.45) is 2.49. The van der Waals surface area contributed by atoms with Crippen molar-refractivity contribution in [1.29, 1.82) is 0 Å². The Balaban J connectivity index is 3.39. The van der Waals surface area contributed by atoms with Gasteiger partial charge >= 0.3 is 0 Å². The van der Waals surface area contributed by atoms with Crippen molar-refractivity contribution in [3.63, 3.8) is 0 Å². The molecule has 0 aromatic rings. The van der Waals surface area contributed by atoms with Crippen LogP contribution in [-0.2, 0) is 4.79 Å². The van der Waals surface area contributed by atoms with E-state index >= 15 is 0 Å². The Morgan fingerprint density at radius 3 is 2.88 bits per heavy atom. The highest BCUT2D eigenvalue weighted by atomic mass is 16.1. The molecule has 0 aliphatic carbocycles. The van der Waals surface area contributed by atoms with Crippen molar-refractivity contribution >= 4 is 12.2 Å². The van der Waals surface area contributed by atoms with Crippen molar-refractivity contribution in [2.45, 2.75) is 0 Å². The average Bonchev–Trinajstić information content (AvgIpc) is 1.83. The van der Waals surface area contributed by atoms with Gasteiger partial charge in [-0.1, -0.05) is 6.58 Å². The number of carbonyl (C=O) groups is 1. The lowest BCUT2D eigenvalue weighted by Crippen LogP contribution is -2.17. The van der Waals surface area contributed by atoms with E-state index in [9.17, 15) is 4.79 Å². The van der Waals surface area contributed by atoms with E-state index in [-0.39, 0.29) is 5.91 Å². The number of nitrogens with one attached hydrogen (secondary N) is 1. The molecule has 0 radical (unpaired) electrons. The Hall–Kier alpha value is -1.12. The number of hydrogen-bond acceptors (Lipinski definition) is 2. The van der Waals surface area contributed by atoms with Crippen LogP contribution in [0.1, 0.15) is 0 Å². The van der Waals surface area contributed by atoms with E-state index in [1.165, 1.54) is 12.4 Å². The first kappa shape index (κ1) is 6.88. The molecule has 0 aliphatic rings. The molecule has 44 valence electrons. The lowest BCUT2D eigenvalue weighted by molar-refractivity contribution is -0.115. The van der Waals surface area contributed by atoms with Gasteiger partial charge in [-0.05, 0) is 6.08 Å². The molecule has 1 amide bonds. The lowest BCUT2D eigenvalue weighted by atomic mass is 10.6. The molecule has 0 unspecified atom stereocenters. The summed E-state index contributed by atoms with van der Waals surface area (Å²) in [5, 5.41) is 2.33. The number of rotatable bonds is 2. The minimum absolute atomic E-state index is 0.240. The Morgan fingerprint density at radius 2 is 2.50 bits per heavy atom. The molecule has 0 aromatic heterocycles. The van der Waals surface area contributed by atoms with Gasteiger partial charge in [0.05, 0.1) is 6.34 Å². The van der Waals surface area contributed by atoms with E-state index < -0.39 is 0 Å². The third-order valence-electron chi connectivity index (χ3n) is 0.521. The summed E-state index contributed by atoms with van der Waals surface area (Å²) in [7, 11) is 1.57. The van der Waals surface area contributed by atoms with E-state index in [2.05, 4.69) is 16.9 Å². The fourth-order valence-corrected chi connectivity index (χ4v) is 0.187. The van der Waals surface area contributed by atoms with Crippen LogP contribution in [0.5, 0.6) is 0 Å². The number of amides is 1. The monoisotopic (exact) mass is 112 g/mol. The van der Waals surface area contributed by atoms with Gasteiger partial charge in [0.1, 0.15) is 0 Å². The van der Waals surface area contributed by atoms with Gasteiger partial charge in [0.15, 0.2) is 0 Å². The third-order valence-corrected chi connectivity index (χ3v) is 0.521. The smallest absolute Gasteiger partial charge is 0.248 e. The lowest BCUT2D eigenvalue weighted by Gasteiger charge is -1.86. The van der Waals surface area contributed by atoms with Crippen molar-refractivity contribution in [2.24, 2.45) is 4.99 Å². The van der Waals surface area contributed by atoms with Crippen molar-refractivity contribution in [3.05, 3.63) is 12.7 Å².